The number of nitrogens with zero attached hydrogens (tertiary/aromatic N) is 2. The first-order chi connectivity index (χ1) is 8.20. The molecule has 0 radical (unpaired) electrons. The molecule has 0 aliphatic carbocycles. The molecule has 0 N–H and O–H groups in total. The summed E-state index contributed by atoms with van der Waals surface area (Å²) >= 11 is -0.115. The fourth-order valence-electron chi connectivity index (χ4n) is 1.87. The molecule has 0 aromatic heterocycles. The van der Waals surface area contributed by atoms with Gasteiger partial charge >= 0.3 is 112 Å². The van der Waals surface area contributed by atoms with Crippen molar-refractivity contribution >= 4 is 5.78 Å². The first-order valence-electron chi connectivity index (χ1n) is 5.67. The van der Waals surface area contributed by atoms with E-state index in [-0.39, 0.29) is 21.5 Å². The van der Waals surface area contributed by atoms with Crippen LogP contribution in [0.4, 0.5) is 0 Å². The fourth-order valence-corrected chi connectivity index (χ4v) is 4.60. The molecule has 0 unspecified atom stereocenters. The molecular weight excluding hydrogens is 327 g/mol. The summed E-state index contributed by atoms with van der Waals surface area (Å²) in [7, 11) is 0. The molecule has 1 aromatic rings. The van der Waals surface area contributed by atoms with E-state index in [2.05, 4.69) is 10.0 Å². The van der Waals surface area contributed by atoms with Crippen molar-refractivity contribution in [3.63, 3.8) is 0 Å². The summed E-state index contributed by atoms with van der Waals surface area (Å²) in [4.78, 5) is 11.2. The second-order valence-corrected chi connectivity index (χ2v) is 7.11. The van der Waals surface area contributed by atoms with E-state index in [1.54, 1.807) is 18.2 Å². The molecule has 0 spiro atoms. The predicted octanol–water partition coefficient (Wildman–Crippen LogP) is -0.949. The summed E-state index contributed by atoms with van der Waals surface area (Å²) in [6.07, 6.45) is 2.59. The zero-order valence-corrected chi connectivity index (χ0v) is 11.8. The van der Waals surface area contributed by atoms with Gasteiger partial charge in [0.2, 0.25) is 0 Å². The zero-order valence-electron chi connectivity index (χ0n) is 9.69. The summed E-state index contributed by atoms with van der Waals surface area (Å²) in [6.45, 7) is 3.48. The molecule has 1 aliphatic heterocycles. The molecule has 0 bridgehead atoms. The Hall–Kier alpha value is -0.930. The Morgan fingerprint density at radius 2 is 2.18 bits per heavy atom. The van der Waals surface area contributed by atoms with Gasteiger partial charge in [-0.15, -0.1) is 0 Å². The average Bonchev–Trinajstić information content (AvgIpc) is 2.75. The van der Waals surface area contributed by atoms with Gasteiger partial charge in [-0.25, -0.2) is 0 Å². The molecule has 0 amide bonds. The van der Waals surface area contributed by atoms with Gasteiger partial charge in [0.15, 0.2) is 0 Å². The molecule has 3 nitrogen and oxygen atoms in total. The molecule has 2 rings (SSSR count). The number of nitriles is 1. The third kappa shape index (κ3) is 3.05. The summed E-state index contributed by atoms with van der Waals surface area (Å²) in [6, 6.07) is 9.85. The molecule has 1 aromatic carbocycles. The van der Waals surface area contributed by atoms with Crippen molar-refractivity contribution in [3.05, 3.63) is 33.4 Å². The van der Waals surface area contributed by atoms with Crippen LogP contribution in [0.2, 0.25) is 0 Å². The normalized spacial score (nSPS) is 20.4. The van der Waals surface area contributed by atoms with Crippen molar-refractivity contribution in [3.8, 4) is 6.07 Å². The van der Waals surface area contributed by atoms with Crippen LogP contribution in [0.3, 0.4) is 0 Å². The zero-order chi connectivity index (χ0) is 12.3. The molecule has 4 heteroatoms. The van der Waals surface area contributed by atoms with Crippen LogP contribution in [0.1, 0.15) is 30.1 Å². The number of hydrogen-bond donors (Lipinski definition) is 0. The van der Waals surface area contributed by atoms with Crippen LogP contribution < -0.4 is 21.5 Å². The van der Waals surface area contributed by atoms with E-state index >= 15 is 0 Å². The summed E-state index contributed by atoms with van der Waals surface area (Å²) in [5, 5.41) is 8.52. The minimum atomic E-state index is -0.454. The van der Waals surface area contributed by atoms with Gasteiger partial charge in [-0.1, -0.05) is 0 Å². The third-order valence-corrected chi connectivity index (χ3v) is 6.22. The van der Waals surface area contributed by atoms with E-state index in [4.69, 9.17) is 5.26 Å². The molecule has 1 atom stereocenters. The van der Waals surface area contributed by atoms with Gasteiger partial charge in [-0.3, -0.25) is 0 Å². The van der Waals surface area contributed by atoms with E-state index in [0.717, 1.165) is 0 Å². The second kappa shape index (κ2) is 5.61. The van der Waals surface area contributed by atoms with Crippen molar-refractivity contribution in [1.29, 1.82) is 5.26 Å². The summed E-state index contributed by atoms with van der Waals surface area (Å²) in [5.41, 5.74) is 0.495. The van der Waals surface area contributed by atoms with E-state index in [1.165, 1.54) is 23.0 Å². The van der Waals surface area contributed by atoms with Crippen LogP contribution in [-0.4, -0.2) is 21.5 Å². The predicted molar refractivity (Wildman–Crippen MR) is 60.5 cm³/mol. The number of carbonyl (C=O) groups excluding carboxylic acids is 1. The van der Waals surface area contributed by atoms with E-state index in [0.29, 0.717) is 11.6 Å². The van der Waals surface area contributed by atoms with E-state index < -0.39 is 5.78 Å². The van der Waals surface area contributed by atoms with Crippen LogP contribution in [-0.2, 0) is 0 Å². The quantitative estimate of drug-likeness (QED) is 0.308. The Balaban J connectivity index is 2.03. The molecule has 1 aliphatic rings. The van der Waals surface area contributed by atoms with Gasteiger partial charge in [-0.2, -0.15) is 0 Å². The van der Waals surface area contributed by atoms with Gasteiger partial charge in [0.1, 0.15) is 0 Å². The van der Waals surface area contributed by atoms with Crippen LogP contribution in [0.25, 0.3) is 0 Å². The van der Waals surface area contributed by atoms with Crippen molar-refractivity contribution in [2.75, 3.05) is 6.54 Å². The molecule has 0 saturated carbocycles. The Kier molecular flexibility index (Phi) is 4.13. The number of Topliss-reactive ketones (excluding diaryl/α,β-unsaturated/α-hetero) is 1. The standard InChI is InChI=1S/C13H14IN2O/c1-10-3-2-8-16(10)14-12-6-4-11(5-7-12)13(17)9-15/h4-7,10H,2-3,8H2,1H3/q-1/t10-/m1/s1. The second-order valence-electron chi connectivity index (χ2n) is 4.15. The molecule has 17 heavy (non-hydrogen) atoms. The van der Waals surface area contributed by atoms with Crippen molar-refractivity contribution < 1.29 is 26.3 Å². The van der Waals surface area contributed by atoms with Crippen molar-refractivity contribution in [2.45, 2.75) is 25.8 Å². The Labute approximate surface area is 112 Å². The summed E-state index contributed by atoms with van der Waals surface area (Å²) < 4.78 is 3.87. The average molecular weight is 341 g/mol. The van der Waals surface area contributed by atoms with Gasteiger partial charge in [0, 0.05) is 0 Å². The first-order valence-corrected chi connectivity index (χ1v) is 7.71. The monoisotopic (exact) mass is 341 g/mol. The van der Waals surface area contributed by atoms with Gasteiger partial charge < -0.3 is 0 Å². The number of halogens is 1. The minimum absolute atomic E-state index is 0.115. The third-order valence-electron chi connectivity index (χ3n) is 2.89. The maximum atomic E-state index is 11.2. The molecular formula is C13H14IN2O-. The fraction of sp³-hybridized carbons (Fsp3) is 0.385. The Morgan fingerprint density at radius 3 is 2.71 bits per heavy atom. The van der Waals surface area contributed by atoms with Gasteiger partial charge in [-0.05, 0) is 0 Å². The topological polar surface area (TPSA) is 44.1 Å². The Morgan fingerprint density at radius 1 is 1.47 bits per heavy atom. The molecule has 1 saturated heterocycles. The van der Waals surface area contributed by atoms with E-state index in [9.17, 15) is 4.79 Å². The van der Waals surface area contributed by atoms with Crippen LogP contribution in [0.15, 0.2) is 24.3 Å². The number of rotatable bonds is 3. The Bertz CT molecular complexity index is 449. The van der Waals surface area contributed by atoms with Crippen LogP contribution in [0, 0.1) is 14.9 Å². The number of ketones is 1. The van der Waals surface area contributed by atoms with E-state index in [1.807, 2.05) is 12.1 Å². The van der Waals surface area contributed by atoms with Crippen LogP contribution >= 0.6 is 0 Å². The summed E-state index contributed by atoms with van der Waals surface area (Å²) in [5.74, 6) is -0.454. The van der Waals surface area contributed by atoms with Gasteiger partial charge in [0.05, 0.1) is 0 Å². The molecule has 1 fully saturated rings. The van der Waals surface area contributed by atoms with Crippen LogP contribution in [0.5, 0.6) is 0 Å². The SMILES string of the molecule is C[C@@H]1CCCN1[I-]c1ccc(C(=O)C#N)cc1. The number of benzene rings is 1. The van der Waals surface area contributed by atoms with Gasteiger partial charge in [0.25, 0.3) is 0 Å². The van der Waals surface area contributed by atoms with Crippen molar-refractivity contribution in [1.82, 2.24) is 3.11 Å². The number of hydrogen-bond acceptors (Lipinski definition) is 3. The maximum absolute atomic E-state index is 11.2. The van der Waals surface area contributed by atoms with Crippen molar-refractivity contribution in [2.24, 2.45) is 0 Å². The first kappa shape index (κ1) is 12.5. The molecule has 90 valence electrons. The molecule has 1 heterocycles. The number of carbonyl (C=O) groups is 1.